The molecule has 0 saturated heterocycles. The van der Waals surface area contributed by atoms with Crippen LogP contribution in [-0.2, 0) is 32.7 Å². The molecule has 0 fully saturated rings. The molecule has 0 aliphatic heterocycles. The summed E-state index contributed by atoms with van der Waals surface area (Å²) in [5, 5.41) is 19.1. The van der Waals surface area contributed by atoms with Crippen molar-refractivity contribution in [2.75, 3.05) is 26.4 Å². The van der Waals surface area contributed by atoms with Gasteiger partial charge in [-0.15, -0.1) is 0 Å². The molecule has 0 aliphatic carbocycles. The molecule has 3 N–H and O–H groups in total. The van der Waals surface area contributed by atoms with Crippen molar-refractivity contribution in [2.24, 2.45) is 0 Å². The Kier molecular flexibility index (Phi) is 37.6. The standard InChI is InChI=1S/C42H79O10P/c1-3-5-7-9-11-13-15-17-19-20-22-24-26-28-30-32-34-42(46)52-40(36-44)38-50-53(47,48)49-37-39(35-43)51-41(45)33-31-29-27-25-23-21-18-16-14-12-10-8-6-4-2/h16,18-20,39-40,43-44H,3-15,17,21-38H2,1-2H3,(H,47,48)/b18-16-,20-19-. The van der Waals surface area contributed by atoms with E-state index in [1.54, 1.807) is 0 Å². The second-order valence-corrected chi connectivity index (χ2v) is 15.8. The highest BCUT2D eigenvalue weighted by Crippen LogP contribution is 2.43. The summed E-state index contributed by atoms with van der Waals surface area (Å²) in [6.07, 6.45) is 37.2. The van der Waals surface area contributed by atoms with E-state index in [0.29, 0.717) is 12.8 Å². The third kappa shape index (κ3) is 37.2. The summed E-state index contributed by atoms with van der Waals surface area (Å²) in [5.74, 6) is -1.03. The average Bonchev–Trinajstić information content (AvgIpc) is 3.14. The molecule has 0 aromatic heterocycles. The van der Waals surface area contributed by atoms with Crippen LogP contribution >= 0.6 is 7.82 Å². The average molecular weight is 775 g/mol. The van der Waals surface area contributed by atoms with Crippen LogP contribution in [-0.4, -0.2) is 65.7 Å². The lowest BCUT2D eigenvalue weighted by atomic mass is 10.1. The predicted octanol–water partition coefficient (Wildman–Crippen LogP) is 11.0. The summed E-state index contributed by atoms with van der Waals surface area (Å²) in [5.41, 5.74) is 0. The van der Waals surface area contributed by atoms with E-state index in [0.717, 1.165) is 70.6 Å². The maximum Gasteiger partial charge on any atom is 0.472 e. The number of phosphoric acid groups is 1. The Balaban J connectivity index is 3.95. The smallest absolute Gasteiger partial charge is 0.457 e. The number of esters is 2. The molecule has 0 rings (SSSR count). The lowest BCUT2D eigenvalue weighted by Crippen LogP contribution is -2.28. The first-order valence-electron chi connectivity index (χ1n) is 21.3. The van der Waals surface area contributed by atoms with Crippen molar-refractivity contribution < 1.29 is 47.8 Å². The number of unbranched alkanes of at least 4 members (excludes halogenated alkanes) is 22. The SMILES string of the molecule is CCCCCCC/C=C\CCCCCCCC(=O)OC(CO)COP(=O)(O)OCC(CO)OC(=O)CCCCCCC/C=C\CCCCCCCCC. The number of aliphatic hydroxyl groups excluding tert-OH is 2. The van der Waals surface area contributed by atoms with E-state index in [2.05, 4.69) is 38.2 Å². The minimum absolute atomic E-state index is 0.183. The molecular formula is C42H79O10P. The molecule has 0 spiro atoms. The van der Waals surface area contributed by atoms with Gasteiger partial charge in [0.1, 0.15) is 12.2 Å². The number of rotatable bonds is 40. The predicted molar refractivity (Wildman–Crippen MR) is 215 cm³/mol. The van der Waals surface area contributed by atoms with Gasteiger partial charge in [0.2, 0.25) is 0 Å². The lowest BCUT2D eigenvalue weighted by Gasteiger charge is -2.20. The fourth-order valence-electron chi connectivity index (χ4n) is 5.81. The van der Waals surface area contributed by atoms with Crippen LogP contribution < -0.4 is 0 Å². The Morgan fingerprint density at radius 1 is 0.491 bits per heavy atom. The minimum atomic E-state index is -4.64. The van der Waals surface area contributed by atoms with Crippen LogP contribution in [0.15, 0.2) is 24.3 Å². The molecule has 0 radical (unpaired) electrons. The normalized spacial score (nSPS) is 14.1. The molecule has 53 heavy (non-hydrogen) atoms. The zero-order chi connectivity index (χ0) is 39.1. The summed E-state index contributed by atoms with van der Waals surface area (Å²) in [6, 6.07) is 0. The van der Waals surface area contributed by atoms with E-state index in [-0.39, 0.29) is 12.8 Å². The van der Waals surface area contributed by atoms with Crippen molar-refractivity contribution >= 4 is 19.8 Å². The Morgan fingerprint density at radius 2 is 0.774 bits per heavy atom. The van der Waals surface area contributed by atoms with E-state index < -0.39 is 58.4 Å². The fourth-order valence-corrected chi connectivity index (χ4v) is 6.59. The van der Waals surface area contributed by atoms with Gasteiger partial charge in [-0.2, -0.15) is 0 Å². The van der Waals surface area contributed by atoms with E-state index in [1.807, 2.05) is 0 Å². The summed E-state index contributed by atoms with van der Waals surface area (Å²) < 4.78 is 32.5. The van der Waals surface area contributed by atoms with Gasteiger partial charge in [-0.25, -0.2) is 4.57 Å². The summed E-state index contributed by atoms with van der Waals surface area (Å²) in [4.78, 5) is 34.5. The largest absolute Gasteiger partial charge is 0.472 e. The summed E-state index contributed by atoms with van der Waals surface area (Å²) >= 11 is 0. The maximum absolute atomic E-state index is 12.3. The van der Waals surface area contributed by atoms with Crippen LogP contribution in [0.2, 0.25) is 0 Å². The molecule has 0 amide bonds. The highest BCUT2D eigenvalue weighted by molar-refractivity contribution is 7.47. The van der Waals surface area contributed by atoms with Gasteiger partial charge in [-0.3, -0.25) is 18.6 Å². The minimum Gasteiger partial charge on any atom is -0.457 e. The quantitative estimate of drug-likeness (QED) is 0.0238. The number of carbonyl (C=O) groups is 2. The van der Waals surface area contributed by atoms with Gasteiger partial charge in [0.15, 0.2) is 0 Å². The first kappa shape index (κ1) is 51.5. The van der Waals surface area contributed by atoms with Gasteiger partial charge < -0.3 is 24.6 Å². The Labute approximate surface area is 323 Å². The molecule has 0 aromatic carbocycles. The first-order valence-corrected chi connectivity index (χ1v) is 22.8. The molecule has 0 aliphatic rings. The molecule has 3 atom stereocenters. The molecule has 0 saturated carbocycles. The van der Waals surface area contributed by atoms with E-state index in [1.165, 1.54) is 83.5 Å². The van der Waals surface area contributed by atoms with Gasteiger partial charge in [0.05, 0.1) is 26.4 Å². The number of hydrogen-bond acceptors (Lipinski definition) is 9. The van der Waals surface area contributed by atoms with Crippen LogP contribution in [0.4, 0.5) is 0 Å². The van der Waals surface area contributed by atoms with Crippen LogP contribution in [0.3, 0.4) is 0 Å². The molecule has 312 valence electrons. The van der Waals surface area contributed by atoms with E-state index in [4.69, 9.17) is 18.5 Å². The van der Waals surface area contributed by atoms with Crippen molar-refractivity contribution in [3.8, 4) is 0 Å². The van der Waals surface area contributed by atoms with Crippen LogP contribution in [0.5, 0.6) is 0 Å². The third-order valence-electron chi connectivity index (χ3n) is 9.14. The second-order valence-electron chi connectivity index (χ2n) is 14.3. The lowest BCUT2D eigenvalue weighted by molar-refractivity contribution is -0.153. The van der Waals surface area contributed by atoms with Gasteiger partial charge in [0, 0.05) is 12.8 Å². The molecule has 0 bridgehead atoms. The zero-order valence-electron chi connectivity index (χ0n) is 33.7. The molecule has 3 unspecified atom stereocenters. The van der Waals surface area contributed by atoms with Crippen LogP contribution in [0, 0.1) is 0 Å². The molecule has 10 nitrogen and oxygen atoms in total. The van der Waals surface area contributed by atoms with Gasteiger partial charge >= 0.3 is 19.8 Å². The van der Waals surface area contributed by atoms with Gasteiger partial charge in [-0.05, 0) is 64.2 Å². The monoisotopic (exact) mass is 775 g/mol. The first-order chi connectivity index (χ1) is 25.8. The molecule has 0 heterocycles. The van der Waals surface area contributed by atoms with E-state index >= 15 is 0 Å². The third-order valence-corrected chi connectivity index (χ3v) is 10.1. The second kappa shape index (κ2) is 38.7. The Bertz CT molecular complexity index is 941. The highest BCUT2D eigenvalue weighted by atomic mass is 31.2. The van der Waals surface area contributed by atoms with Crippen molar-refractivity contribution in [1.29, 1.82) is 0 Å². The number of allylic oxidation sites excluding steroid dienone is 4. The van der Waals surface area contributed by atoms with E-state index in [9.17, 15) is 29.3 Å². The zero-order valence-corrected chi connectivity index (χ0v) is 34.6. The van der Waals surface area contributed by atoms with Gasteiger partial charge in [0.25, 0.3) is 0 Å². The van der Waals surface area contributed by atoms with Crippen molar-refractivity contribution in [1.82, 2.24) is 0 Å². The van der Waals surface area contributed by atoms with Crippen molar-refractivity contribution in [2.45, 2.75) is 206 Å². The number of hydrogen-bond donors (Lipinski definition) is 3. The highest BCUT2D eigenvalue weighted by Gasteiger charge is 2.27. The molecule has 11 heteroatoms. The van der Waals surface area contributed by atoms with Crippen LogP contribution in [0.1, 0.15) is 194 Å². The van der Waals surface area contributed by atoms with Crippen molar-refractivity contribution in [3.05, 3.63) is 24.3 Å². The summed E-state index contributed by atoms with van der Waals surface area (Å²) in [6.45, 7) is 2.18. The number of aliphatic hydroxyl groups is 2. The number of ether oxygens (including phenoxy) is 2. The molecular weight excluding hydrogens is 695 g/mol. The Morgan fingerprint density at radius 3 is 1.08 bits per heavy atom. The maximum atomic E-state index is 12.3. The topological polar surface area (TPSA) is 149 Å². The number of phosphoric ester groups is 1. The fraction of sp³-hybridized carbons (Fsp3) is 0.857. The molecule has 0 aromatic rings. The summed E-state index contributed by atoms with van der Waals surface area (Å²) in [7, 11) is -4.64. The van der Waals surface area contributed by atoms with Crippen LogP contribution in [0.25, 0.3) is 0 Å². The number of carbonyl (C=O) groups excluding carboxylic acids is 2. The van der Waals surface area contributed by atoms with Gasteiger partial charge in [-0.1, -0.05) is 141 Å². The Hall–Kier alpha value is -1.55. The van der Waals surface area contributed by atoms with Crippen molar-refractivity contribution in [3.63, 3.8) is 0 Å².